The van der Waals surface area contributed by atoms with E-state index in [1.165, 1.54) is 0 Å². The average Bonchev–Trinajstić information content (AvgIpc) is 2.31. The number of para-hydroxylation sites is 1. The van der Waals surface area contributed by atoms with Gasteiger partial charge in [0.2, 0.25) is 10.0 Å². The Labute approximate surface area is 113 Å². The van der Waals surface area contributed by atoms with E-state index in [1.807, 2.05) is 6.26 Å². The summed E-state index contributed by atoms with van der Waals surface area (Å²) in [7, 11) is -3.30. The molecule has 1 atom stereocenters. The van der Waals surface area contributed by atoms with E-state index in [1.54, 1.807) is 36.0 Å². The Balaban J connectivity index is 2.53. The quantitative estimate of drug-likeness (QED) is 0.751. The van der Waals surface area contributed by atoms with Crippen LogP contribution < -0.4 is 10.5 Å². The van der Waals surface area contributed by atoms with Crippen molar-refractivity contribution in [2.24, 2.45) is 0 Å². The van der Waals surface area contributed by atoms with Crippen LogP contribution in [0.15, 0.2) is 24.3 Å². The summed E-state index contributed by atoms with van der Waals surface area (Å²) in [6, 6.07) is 7.02. The highest BCUT2D eigenvalue weighted by Gasteiger charge is 2.13. The zero-order valence-corrected chi connectivity index (χ0v) is 12.4. The van der Waals surface area contributed by atoms with Gasteiger partial charge >= 0.3 is 0 Å². The molecule has 6 heteroatoms. The molecule has 0 heterocycles. The molecule has 1 aromatic rings. The summed E-state index contributed by atoms with van der Waals surface area (Å²) in [5.74, 6) is -0.0622. The summed E-state index contributed by atoms with van der Waals surface area (Å²) in [6.07, 6.45) is 2.84. The van der Waals surface area contributed by atoms with E-state index in [9.17, 15) is 8.42 Å². The molecule has 0 aliphatic heterocycles. The van der Waals surface area contributed by atoms with Crippen molar-refractivity contribution in [3.05, 3.63) is 29.8 Å². The SMILES string of the molecule is CSC(C)CCNS(=O)(=O)Cc1ccccc1N. The molecule has 1 aromatic carbocycles. The first-order valence-electron chi connectivity index (χ1n) is 5.78. The Morgan fingerprint density at radius 3 is 2.67 bits per heavy atom. The molecule has 0 spiro atoms. The summed E-state index contributed by atoms with van der Waals surface area (Å²) in [6.45, 7) is 2.55. The van der Waals surface area contributed by atoms with Gasteiger partial charge in [-0.2, -0.15) is 11.8 Å². The molecule has 3 N–H and O–H groups in total. The Morgan fingerprint density at radius 1 is 1.39 bits per heavy atom. The third-order valence-corrected chi connectivity index (χ3v) is 5.05. The zero-order valence-electron chi connectivity index (χ0n) is 10.7. The van der Waals surface area contributed by atoms with Gasteiger partial charge in [0, 0.05) is 17.5 Å². The van der Waals surface area contributed by atoms with Gasteiger partial charge in [0.25, 0.3) is 0 Å². The topological polar surface area (TPSA) is 72.2 Å². The Hall–Kier alpha value is -0.720. The third kappa shape index (κ3) is 5.29. The second-order valence-corrected chi connectivity index (χ2v) is 7.27. The minimum Gasteiger partial charge on any atom is -0.398 e. The number of hydrogen-bond acceptors (Lipinski definition) is 4. The molecule has 0 amide bonds. The van der Waals surface area contributed by atoms with Gasteiger partial charge in [0.05, 0.1) is 5.75 Å². The monoisotopic (exact) mass is 288 g/mol. The van der Waals surface area contributed by atoms with Gasteiger partial charge in [0.1, 0.15) is 0 Å². The Morgan fingerprint density at radius 2 is 2.06 bits per heavy atom. The molecule has 0 fully saturated rings. The first-order valence-corrected chi connectivity index (χ1v) is 8.72. The van der Waals surface area contributed by atoms with Gasteiger partial charge in [-0.15, -0.1) is 0 Å². The summed E-state index contributed by atoms with van der Waals surface area (Å²) >= 11 is 1.73. The molecule has 0 aromatic heterocycles. The van der Waals surface area contributed by atoms with Gasteiger partial charge in [-0.1, -0.05) is 25.1 Å². The molecule has 1 unspecified atom stereocenters. The molecule has 0 radical (unpaired) electrons. The number of nitrogen functional groups attached to an aromatic ring is 1. The van der Waals surface area contributed by atoms with Crippen LogP contribution in [-0.4, -0.2) is 26.5 Å². The normalized spacial score (nSPS) is 13.4. The van der Waals surface area contributed by atoms with Gasteiger partial charge < -0.3 is 5.73 Å². The number of benzene rings is 1. The number of thioether (sulfide) groups is 1. The van der Waals surface area contributed by atoms with Gasteiger partial charge in [-0.3, -0.25) is 0 Å². The predicted molar refractivity (Wildman–Crippen MR) is 79.1 cm³/mol. The molecule has 0 saturated heterocycles. The van der Waals surface area contributed by atoms with E-state index in [2.05, 4.69) is 11.6 Å². The fraction of sp³-hybridized carbons (Fsp3) is 0.500. The summed E-state index contributed by atoms with van der Waals surface area (Å²) in [5, 5.41) is 0.453. The predicted octanol–water partition coefficient (Wildman–Crippen LogP) is 1.83. The first-order chi connectivity index (χ1) is 8.44. The van der Waals surface area contributed by atoms with Crippen molar-refractivity contribution in [3.8, 4) is 0 Å². The number of nitrogens with two attached hydrogens (primary N) is 1. The summed E-state index contributed by atoms with van der Waals surface area (Å²) in [4.78, 5) is 0. The van der Waals surface area contributed by atoms with Gasteiger partial charge in [-0.25, -0.2) is 13.1 Å². The lowest BCUT2D eigenvalue weighted by Crippen LogP contribution is -2.27. The van der Waals surface area contributed by atoms with Crippen LogP contribution in [-0.2, 0) is 15.8 Å². The smallest absolute Gasteiger partial charge is 0.215 e. The highest BCUT2D eigenvalue weighted by atomic mass is 32.2. The lowest BCUT2D eigenvalue weighted by atomic mass is 10.2. The zero-order chi connectivity index (χ0) is 13.6. The lowest BCUT2D eigenvalue weighted by Gasteiger charge is -2.10. The van der Waals surface area contributed by atoms with Gasteiger partial charge in [0.15, 0.2) is 0 Å². The number of nitrogens with one attached hydrogen (secondary N) is 1. The van der Waals surface area contributed by atoms with Crippen LogP contribution in [0.25, 0.3) is 0 Å². The summed E-state index contributed by atoms with van der Waals surface area (Å²) < 4.78 is 26.3. The molecule has 0 bridgehead atoms. The third-order valence-electron chi connectivity index (χ3n) is 2.68. The van der Waals surface area contributed by atoms with E-state index in [0.29, 0.717) is 23.0 Å². The van der Waals surface area contributed by atoms with Gasteiger partial charge in [-0.05, 0) is 24.3 Å². The second-order valence-electron chi connectivity index (χ2n) is 4.19. The van der Waals surface area contributed by atoms with Crippen molar-refractivity contribution in [1.82, 2.24) is 4.72 Å². The number of sulfonamides is 1. The minimum absolute atomic E-state index is 0.0622. The fourth-order valence-electron chi connectivity index (χ4n) is 1.46. The van der Waals surface area contributed by atoms with E-state index in [0.717, 1.165) is 6.42 Å². The molecule has 4 nitrogen and oxygen atoms in total. The highest BCUT2D eigenvalue weighted by Crippen LogP contribution is 2.14. The maximum atomic E-state index is 11.8. The molecule has 0 aliphatic rings. The fourth-order valence-corrected chi connectivity index (χ4v) is 3.01. The Kier molecular flexibility index (Phi) is 5.98. The van der Waals surface area contributed by atoms with Crippen molar-refractivity contribution >= 4 is 27.5 Å². The first kappa shape index (κ1) is 15.3. The lowest BCUT2D eigenvalue weighted by molar-refractivity contribution is 0.578. The maximum absolute atomic E-state index is 11.8. The van der Waals surface area contributed by atoms with Crippen LogP contribution in [0.3, 0.4) is 0 Å². The summed E-state index contributed by atoms with van der Waals surface area (Å²) in [5.41, 5.74) is 6.89. The molecule has 1 rings (SSSR count). The highest BCUT2D eigenvalue weighted by molar-refractivity contribution is 7.99. The number of rotatable bonds is 7. The van der Waals surface area contributed by atoms with Crippen molar-refractivity contribution in [2.45, 2.75) is 24.3 Å². The molecule has 18 heavy (non-hydrogen) atoms. The Bertz CT molecular complexity index is 475. The molecular formula is C12H20N2O2S2. The van der Waals surface area contributed by atoms with Crippen LogP contribution >= 0.6 is 11.8 Å². The van der Waals surface area contributed by atoms with Crippen LogP contribution in [0.1, 0.15) is 18.9 Å². The number of hydrogen-bond donors (Lipinski definition) is 2. The van der Waals surface area contributed by atoms with Crippen molar-refractivity contribution in [2.75, 3.05) is 18.5 Å². The second kappa shape index (κ2) is 7.01. The van der Waals surface area contributed by atoms with E-state index in [4.69, 9.17) is 5.73 Å². The van der Waals surface area contributed by atoms with E-state index >= 15 is 0 Å². The maximum Gasteiger partial charge on any atom is 0.215 e. The van der Waals surface area contributed by atoms with E-state index in [-0.39, 0.29) is 5.75 Å². The van der Waals surface area contributed by atoms with Crippen molar-refractivity contribution in [1.29, 1.82) is 0 Å². The molecule has 0 aliphatic carbocycles. The van der Waals surface area contributed by atoms with E-state index < -0.39 is 10.0 Å². The van der Waals surface area contributed by atoms with Crippen molar-refractivity contribution in [3.63, 3.8) is 0 Å². The number of anilines is 1. The van der Waals surface area contributed by atoms with Crippen LogP contribution in [0.4, 0.5) is 5.69 Å². The van der Waals surface area contributed by atoms with Crippen LogP contribution in [0, 0.1) is 0 Å². The standard InChI is InChI=1S/C12H20N2O2S2/c1-10(17-2)7-8-14-18(15,16)9-11-5-3-4-6-12(11)13/h3-6,10,14H,7-9,13H2,1-2H3. The molecular weight excluding hydrogens is 268 g/mol. The van der Waals surface area contributed by atoms with Crippen molar-refractivity contribution < 1.29 is 8.42 Å². The molecule has 102 valence electrons. The largest absolute Gasteiger partial charge is 0.398 e. The average molecular weight is 288 g/mol. The van der Waals surface area contributed by atoms with Crippen LogP contribution in [0.2, 0.25) is 0 Å². The van der Waals surface area contributed by atoms with Crippen LogP contribution in [0.5, 0.6) is 0 Å². The molecule has 0 saturated carbocycles. The minimum atomic E-state index is -3.30.